The SMILES string of the molecule is CC(=O)N[C@@H](Cc1ccccc1)C(=O)NC1CCC(=O)NCCC(C(=O)N[C@@H](Cc2c[nH]c3ccccc23)C(N)=O)NC(=O)CNC(=O)C(Cc2ccccc2)NC(=O)[C@H](Cc2cnc[nH]2)NC1=O. The number of nitrogens with two attached hydrogens (primary N) is 1. The monoisotopic (exact) mass is 944 g/mol. The number of primary amides is 1. The molecule has 12 N–H and O–H groups in total. The molecule has 0 bridgehead atoms. The topological polar surface area (TPSA) is 320 Å². The van der Waals surface area contributed by atoms with Gasteiger partial charge in [0, 0.05) is 74.6 Å². The average molecular weight is 945 g/mol. The summed E-state index contributed by atoms with van der Waals surface area (Å²) in [6, 6.07) is 17.1. The molecule has 6 rings (SSSR count). The Balaban J connectivity index is 1.27. The summed E-state index contributed by atoms with van der Waals surface area (Å²) in [5.41, 5.74) is 9.04. The number of rotatable bonds is 14. The van der Waals surface area contributed by atoms with Gasteiger partial charge in [0.05, 0.1) is 12.9 Å². The zero-order chi connectivity index (χ0) is 49.3. The van der Waals surface area contributed by atoms with Crippen LogP contribution in [0.4, 0.5) is 0 Å². The molecule has 1 aliphatic rings. The smallest absolute Gasteiger partial charge is 0.243 e. The van der Waals surface area contributed by atoms with E-state index in [9.17, 15) is 43.2 Å². The van der Waals surface area contributed by atoms with Crippen LogP contribution in [0.3, 0.4) is 0 Å². The molecule has 21 nitrogen and oxygen atoms in total. The van der Waals surface area contributed by atoms with Gasteiger partial charge in [-0.15, -0.1) is 0 Å². The summed E-state index contributed by atoms with van der Waals surface area (Å²) in [5.74, 6) is -6.77. The van der Waals surface area contributed by atoms with Gasteiger partial charge in [-0.2, -0.15) is 0 Å². The van der Waals surface area contributed by atoms with E-state index in [1.54, 1.807) is 66.9 Å². The average Bonchev–Trinajstić information content (AvgIpc) is 4.01. The summed E-state index contributed by atoms with van der Waals surface area (Å²) in [4.78, 5) is 132. The number of carbonyl (C=O) groups excluding carboxylic acids is 9. The molecule has 69 heavy (non-hydrogen) atoms. The van der Waals surface area contributed by atoms with Crippen LogP contribution in [0.5, 0.6) is 0 Å². The second kappa shape index (κ2) is 24.4. The number of nitrogens with one attached hydrogen (secondary N) is 10. The highest BCUT2D eigenvalue weighted by molar-refractivity contribution is 5.97. The molecule has 1 fully saturated rings. The maximum atomic E-state index is 14.3. The van der Waals surface area contributed by atoms with E-state index in [1.807, 2.05) is 24.3 Å². The molecule has 3 heterocycles. The molecule has 2 aromatic heterocycles. The van der Waals surface area contributed by atoms with Crippen molar-refractivity contribution >= 4 is 64.1 Å². The number of para-hydroxylation sites is 1. The second-order valence-electron chi connectivity index (χ2n) is 16.6. The molecule has 1 saturated heterocycles. The number of imidazole rings is 1. The number of fused-ring (bicyclic) bond motifs is 1. The Morgan fingerprint density at radius 1 is 0.710 bits per heavy atom. The molecular formula is C48H56N12O9. The van der Waals surface area contributed by atoms with Crippen LogP contribution in [-0.4, -0.2) is 117 Å². The normalized spacial score (nSPS) is 19.6. The summed E-state index contributed by atoms with van der Waals surface area (Å²) in [7, 11) is 0. The van der Waals surface area contributed by atoms with Crippen molar-refractivity contribution in [2.45, 2.75) is 88.1 Å². The number of hydrogen-bond donors (Lipinski definition) is 11. The lowest BCUT2D eigenvalue weighted by atomic mass is 10.0. The fourth-order valence-corrected chi connectivity index (χ4v) is 7.81. The molecule has 1 aliphatic heterocycles. The molecule has 0 aliphatic carbocycles. The third-order valence-corrected chi connectivity index (χ3v) is 11.4. The summed E-state index contributed by atoms with van der Waals surface area (Å²) >= 11 is 0. The van der Waals surface area contributed by atoms with Gasteiger partial charge in [0.25, 0.3) is 0 Å². The zero-order valence-corrected chi connectivity index (χ0v) is 37.8. The number of aromatic nitrogens is 3. The Bertz CT molecular complexity index is 2600. The maximum absolute atomic E-state index is 14.3. The molecule has 0 saturated carbocycles. The standard InChI is InChI=1S/C48H56N12O9/c1-28(61)55-39(21-30-12-6-3-7-13-30)47(68)57-35-16-17-41(62)51-19-18-36(46(67)58-37(43(49)64)22-31-24-52-34-15-9-8-14-33(31)34)56-42(63)26-53-44(65)38(20-29-10-4-2-5-11-29)59-48(69)40(60-45(35)66)23-32-25-50-27-54-32/h2-15,24-25,27,35-40,52H,16-23,26H2,1H3,(H2,49,64)(H,50,54)(H,51,62)(H,53,65)(H,55,61)(H,56,63)(H,57,68)(H,58,67)(H,59,69)(H,60,66)/t35?,36?,37-,38?,39-,40-/m0/s1. The third kappa shape index (κ3) is 15.1. The lowest BCUT2D eigenvalue weighted by molar-refractivity contribution is -0.135. The first-order valence-corrected chi connectivity index (χ1v) is 22.4. The molecule has 3 aromatic carbocycles. The molecule has 21 heteroatoms. The fraction of sp³-hybridized carbons (Fsp3) is 0.333. The van der Waals surface area contributed by atoms with Crippen molar-refractivity contribution in [2.24, 2.45) is 5.73 Å². The lowest BCUT2D eigenvalue weighted by Crippen LogP contribution is -2.59. The number of hydrogen-bond acceptors (Lipinski definition) is 10. The summed E-state index contributed by atoms with van der Waals surface area (Å²) < 4.78 is 0. The highest BCUT2D eigenvalue weighted by atomic mass is 16.2. The molecule has 362 valence electrons. The van der Waals surface area contributed by atoms with Gasteiger partial charge in [-0.25, -0.2) is 4.98 Å². The van der Waals surface area contributed by atoms with Crippen molar-refractivity contribution in [3.63, 3.8) is 0 Å². The van der Waals surface area contributed by atoms with Crippen LogP contribution in [0, 0.1) is 0 Å². The van der Waals surface area contributed by atoms with Gasteiger partial charge in [-0.05, 0) is 35.6 Å². The van der Waals surface area contributed by atoms with Crippen molar-refractivity contribution in [3.05, 3.63) is 126 Å². The van der Waals surface area contributed by atoms with Crippen LogP contribution >= 0.6 is 0 Å². The predicted octanol–water partition coefficient (Wildman–Crippen LogP) is -1.01. The van der Waals surface area contributed by atoms with Crippen molar-refractivity contribution in [1.29, 1.82) is 0 Å². The van der Waals surface area contributed by atoms with Gasteiger partial charge < -0.3 is 58.2 Å². The van der Waals surface area contributed by atoms with Crippen LogP contribution < -0.4 is 48.3 Å². The van der Waals surface area contributed by atoms with Gasteiger partial charge >= 0.3 is 0 Å². The van der Waals surface area contributed by atoms with Gasteiger partial charge in [0.15, 0.2) is 0 Å². The highest BCUT2D eigenvalue weighted by Gasteiger charge is 2.33. The fourth-order valence-electron chi connectivity index (χ4n) is 7.81. The first kappa shape index (κ1) is 50.1. The second-order valence-corrected chi connectivity index (χ2v) is 16.6. The van der Waals surface area contributed by atoms with E-state index in [-0.39, 0.29) is 51.5 Å². The number of carbonyl (C=O) groups is 9. The molecular weight excluding hydrogens is 889 g/mol. The Hall–Kier alpha value is -8.36. The third-order valence-electron chi connectivity index (χ3n) is 11.4. The Morgan fingerprint density at radius 3 is 2.09 bits per heavy atom. The van der Waals surface area contributed by atoms with Gasteiger partial charge in [-0.3, -0.25) is 43.2 Å². The predicted molar refractivity (Wildman–Crippen MR) is 251 cm³/mol. The van der Waals surface area contributed by atoms with E-state index >= 15 is 0 Å². The lowest BCUT2D eigenvalue weighted by Gasteiger charge is -2.26. The molecule has 0 radical (unpaired) electrons. The molecule has 3 unspecified atom stereocenters. The number of benzene rings is 3. The Labute approximate surface area is 396 Å². The minimum absolute atomic E-state index is 0.0128. The van der Waals surface area contributed by atoms with E-state index in [2.05, 4.69) is 57.5 Å². The first-order valence-electron chi connectivity index (χ1n) is 22.4. The summed E-state index contributed by atoms with van der Waals surface area (Å²) in [6.45, 7) is 0.401. The van der Waals surface area contributed by atoms with Crippen LogP contribution in [0.2, 0.25) is 0 Å². The molecule has 0 spiro atoms. The van der Waals surface area contributed by atoms with Crippen LogP contribution in [0.15, 0.2) is 104 Å². The van der Waals surface area contributed by atoms with E-state index in [4.69, 9.17) is 5.73 Å². The highest BCUT2D eigenvalue weighted by Crippen LogP contribution is 2.19. The first-order chi connectivity index (χ1) is 33.2. The van der Waals surface area contributed by atoms with Crippen molar-refractivity contribution < 1.29 is 43.2 Å². The van der Waals surface area contributed by atoms with Crippen molar-refractivity contribution in [1.82, 2.24) is 57.5 Å². The zero-order valence-electron chi connectivity index (χ0n) is 37.8. The maximum Gasteiger partial charge on any atom is 0.243 e. The van der Waals surface area contributed by atoms with E-state index in [1.165, 1.54) is 19.4 Å². The van der Waals surface area contributed by atoms with E-state index in [0.29, 0.717) is 22.4 Å². The Kier molecular flexibility index (Phi) is 17.7. The van der Waals surface area contributed by atoms with Gasteiger partial charge in [-0.1, -0.05) is 78.9 Å². The molecule has 5 aromatic rings. The molecule has 6 atom stereocenters. The van der Waals surface area contributed by atoms with E-state index in [0.717, 1.165) is 10.9 Å². The number of amides is 9. The molecule has 9 amide bonds. The van der Waals surface area contributed by atoms with E-state index < -0.39 is 96.0 Å². The van der Waals surface area contributed by atoms with Crippen molar-refractivity contribution in [2.75, 3.05) is 13.1 Å². The minimum atomic E-state index is -1.45. The van der Waals surface area contributed by atoms with Crippen LogP contribution in [-0.2, 0) is 68.8 Å². The van der Waals surface area contributed by atoms with Crippen LogP contribution in [0.25, 0.3) is 10.9 Å². The largest absolute Gasteiger partial charge is 0.368 e. The summed E-state index contributed by atoms with van der Waals surface area (Å²) in [5, 5.41) is 21.9. The van der Waals surface area contributed by atoms with Crippen molar-refractivity contribution in [3.8, 4) is 0 Å². The minimum Gasteiger partial charge on any atom is -0.368 e. The van der Waals surface area contributed by atoms with Gasteiger partial charge in [0.1, 0.15) is 36.3 Å². The number of H-pyrrole nitrogens is 2. The Morgan fingerprint density at radius 2 is 1.39 bits per heavy atom. The summed E-state index contributed by atoms with van der Waals surface area (Å²) in [6.07, 6.45) is 3.55. The van der Waals surface area contributed by atoms with Gasteiger partial charge in [0.2, 0.25) is 53.2 Å². The number of nitrogens with zero attached hydrogens (tertiary/aromatic N) is 1. The van der Waals surface area contributed by atoms with Crippen LogP contribution in [0.1, 0.15) is 48.6 Å². The number of aromatic amines is 2. The quantitative estimate of drug-likeness (QED) is 0.0645.